The number of halogens is 1. The number of likely N-dealkylation sites (N-methyl/N-ethyl adjacent to an activating group) is 1. The number of nitrogens with two attached hydrogens (primary N) is 1. The maximum absolute atomic E-state index is 11.7. The van der Waals surface area contributed by atoms with E-state index in [9.17, 15) is 4.79 Å². The van der Waals surface area contributed by atoms with Crippen LogP contribution in [0.4, 0.5) is 5.69 Å². The van der Waals surface area contributed by atoms with Gasteiger partial charge in [0.25, 0.3) is 5.91 Å². The van der Waals surface area contributed by atoms with Crippen LogP contribution in [0, 0.1) is 0 Å². The van der Waals surface area contributed by atoms with Crippen molar-refractivity contribution in [2.75, 3.05) is 32.9 Å². The van der Waals surface area contributed by atoms with Crippen molar-refractivity contribution < 1.29 is 4.79 Å². The molecule has 3 N–H and O–H groups in total. The number of rotatable bonds is 4. The molecule has 0 aliphatic rings. The van der Waals surface area contributed by atoms with Crippen molar-refractivity contribution >= 4 is 27.5 Å². The average molecular weight is 286 g/mol. The van der Waals surface area contributed by atoms with E-state index in [0.717, 1.165) is 11.0 Å². The van der Waals surface area contributed by atoms with Gasteiger partial charge in [0.05, 0.1) is 0 Å². The van der Waals surface area contributed by atoms with Gasteiger partial charge in [0.15, 0.2) is 0 Å². The van der Waals surface area contributed by atoms with Gasteiger partial charge in [0.2, 0.25) is 0 Å². The Bertz CT molecular complexity index is 359. The van der Waals surface area contributed by atoms with Crippen molar-refractivity contribution in [3.8, 4) is 0 Å². The Balaban J connectivity index is 2.59. The van der Waals surface area contributed by atoms with Crippen molar-refractivity contribution in [1.82, 2.24) is 10.2 Å². The normalized spacial score (nSPS) is 10.5. The molecule has 0 heterocycles. The summed E-state index contributed by atoms with van der Waals surface area (Å²) in [6.07, 6.45) is 0. The van der Waals surface area contributed by atoms with Crippen molar-refractivity contribution in [1.29, 1.82) is 0 Å². The Morgan fingerprint density at radius 3 is 2.69 bits per heavy atom. The second-order valence-corrected chi connectivity index (χ2v) is 4.75. The number of hydrogen-bond donors (Lipinski definition) is 2. The van der Waals surface area contributed by atoms with Crippen LogP contribution >= 0.6 is 15.9 Å². The van der Waals surface area contributed by atoms with Crippen LogP contribution in [-0.4, -0.2) is 38.0 Å². The molecule has 0 fully saturated rings. The summed E-state index contributed by atoms with van der Waals surface area (Å²) >= 11 is 3.30. The van der Waals surface area contributed by atoms with Gasteiger partial charge in [-0.2, -0.15) is 0 Å². The zero-order chi connectivity index (χ0) is 12.1. The zero-order valence-corrected chi connectivity index (χ0v) is 11.0. The molecule has 0 saturated carbocycles. The summed E-state index contributed by atoms with van der Waals surface area (Å²) in [5.41, 5.74) is 6.81. The van der Waals surface area contributed by atoms with Crippen LogP contribution in [0.15, 0.2) is 22.7 Å². The van der Waals surface area contributed by atoms with E-state index in [1.54, 1.807) is 18.2 Å². The van der Waals surface area contributed by atoms with Crippen molar-refractivity contribution in [3.63, 3.8) is 0 Å². The fourth-order valence-corrected chi connectivity index (χ4v) is 1.75. The minimum Gasteiger partial charge on any atom is -0.399 e. The highest BCUT2D eigenvalue weighted by Crippen LogP contribution is 2.17. The minimum absolute atomic E-state index is 0.102. The lowest BCUT2D eigenvalue weighted by Crippen LogP contribution is -2.31. The molecular formula is C11H16BrN3O. The van der Waals surface area contributed by atoms with Crippen LogP contribution in [0.5, 0.6) is 0 Å². The number of nitrogen functional groups attached to an aromatic ring is 1. The number of carbonyl (C=O) groups excluding carboxylic acids is 1. The van der Waals surface area contributed by atoms with Crippen molar-refractivity contribution in [2.45, 2.75) is 0 Å². The lowest BCUT2D eigenvalue weighted by atomic mass is 10.2. The highest BCUT2D eigenvalue weighted by Gasteiger charge is 2.06. The molecule has 1 amide bonds. The fraction of sp³-hybridized carbons (Fsp3) is 0.364. The fourth-order valence-electron chi connectivity index (χ4n) is 1.24. The summed E-state index contributed by atoms with van der Waals surface area (Å²) in [4.78, 5) is 13.7. The highest BCUT2D eigenvalue weighted by atomic mass is 79.9. The standard InChI is InChI=1S/C11H16BrN3O/c1-15(2)4-3-14-11(16)8-5-9(12)7-10(13)6-8/h5-7H,3-4,13H2,1-2H3,(H,14,16). The molecule has 0 spiro atoms. The molecule has 0 radical (unpaired) electrons. The monoisotopic (exact) mass is 285 g/mol. The Hall–Kier alpha value is -1.07. The molecule has 0 bridgehead atoms. The number of benzene rings is 1. The van der Waals surface area contributed by atoms with E-state index < -0.39 is 0 Å². The first-order chi connectivity index (χ1) is 7.49. The minimum atomic E-state index is -0.102. The Morgan fingerprint density at radius 2 is 2.12 bits per heavy atom. The van der Waals surface area contributed by atoms with Crippen LogP contribution < -0.4 is 11.1 Å². The maximum Gasteiger partial charge on any atom is 0.251 e. The highest BCUT2D eigenvalue weighted by molar-refractivity contribution is 9.10. The van der Waals surface area contributed by atoms with Crippen LogP contribution in [0.2, 0.25) is 0 Å². The molecule has 0 aromatic heterocycles. The van der Waals surface area contributed by atoms with E-state index in [-0.39, 0.29) is 5.91 Å². The van der Waals surface area contributed by atoms with Gasteiger partial charge in [-0.25, -0.2) is 0 Å². The molecule has 0 saturated heterocycles. The van der Waals surface area contributed by atoms with Crippen LogP contribution in [0.1, 0.15) is 10.4 Å². The predicted octanol–water partition coefficient (Wildman–Crippen LogP) is 1.32. The van der Waals surface area contributed by atoms with Crippen molar-refractivity contribution in [3.05, 3.63) is 28.2 Å². The number of amides is 1. The Morgan fingerprint density at radius 1 is 1.44 bits per heavy atom. The summed E-state index contributed by atoms with van der Waals surface area (Å²) in [5, 5.41) is 2.83. The summed E-state index contributed by atoms with van der Waals surface area (Å²) in [7, 11) is 3.92. The molecule has 1 aromatic rings. The molecule has 88 valence electrons. The first-order valence-corrected chi connectivity index (χ1v) is 5.77. The molecule has 0 aliphatic heterocycles. The topological polar surface area (TPSA) is 58.4 Å². The van der Waals surface area contributed by atoms with E-state index in [1.165, 1.54) is 0 Å². The van der Waals surface area contributed by atoms with Crippen LogP contribution in [0.25, 0.3) is 0 Å². The molecular weight excluding hydrogens is 270 g/mol. The third-order valence-electron chi connectivity index (χ3n) is 2.03. The summed E-state index contributed by atoms with van der Waals surface area (Å²) in [6, 6.07) is 5.17. The number of anilines is 1. The third-order valence-corrected chi connectivity index (χ3v) is 2.48. The van der Waals surface area contributed by atoms with Gasteiger partial charge in [0.1, 0.15) is 0 Å². The second kappa shape index (κ2) is 5.86. The third kappa shape index (κ3) is 4.20. The SMILES string of the molecule is CN(C)CCNC(=O)c1cc(N)cc(Br)c1. The second-order valence-electron chi connectivity index (χ2n) is 3.83. The lowest BCUT2D eigenvalue weighted by Gasteiger charge is -2.10. The van der Waals surface area contributed by atoms with Gasteiger partial charge in [-0.05, 0) is 32.3 Å². The van der Waals surface area contributed by atoms with E-state index >= 15 is 0 Å². The van der Waals surface area contributed by atoms with Gasteiger partial charge >= 0.3 is 0 Å². The number of carbonyl (C=O) groups is 1. The van der Waals surface area contributed by atoms with E-state index in [1.807, 2.05) is 19.0 Å². The summed E-state index contributed by atoms with van der Waals surface area (Å²) in [6.45, 7) is 1.44. The quantitative estimate of drug-likeness (QED) is 0.821. The summed E-state index contributed by atoms with van der Waals surface area (Å²) < 4.78 is 0.810. The molecule has 0 unspecified atom stereocenters. The van der Waals surface area contributed by atoms with Gasteiger partial charge in [-0.15, -0.1) is 0 Å². The number of nitrogens with one attached hydrogen (secondary N) is 1. The lowest BCUT2D eigenvalue weighted by molar-refractivity contribution is 0.0951. The molecule has 0 atom stereocenters. The zero-order valence-electron chi connectivity index (χ0n) is 9.46. The molecule has 5 heteroatoms. The molecule has 4 nitrogen and oxygen atoms in total. The average Bonchev–Trinajstić information content (AvgIpc) is 2.15. The van der Waals surface area contributed by atoms with Gasteiger partial charge in [-0.3, -0.25) is 4.79 Å². The molecule has 1 aromatic carbocycles. The van der Waals surface area contributed by atoms with E-state index in [0.29, 0.717) is 17.8 Å². The first-order valence-electron chi connectivity index (χ1n) is 4.98. The smallest absolute Gasteiger partial charge is 0.251 e. The van der Waals surface area contributed by atoms with E-state index in [4.69, 9.17) is 5.73 Å². The van der Waals surface area contributed by atoms with Gasteiger partial charge in [0, 0.05) is 28.8 Å². The Kier molecular flexibility index (Phi) is 4.76. The maximum atomic E-state index is 11.7. The summed E-state index contributed by atoms with van der Waals surface area (Å²) in [5.74, 6) is -0.102. The van der Waals surface area contributed by atoms with Crippen LogP contribution in [-0.2, 0) is 0 Å². The Labute approximate surface area is 104 Å². The van der Waals surface area contributed by atoms with E-state index in [2.05, 4.69) is 21.2 Å². The largest absolute Gasteiger partial charge is 0.399 e. The number of nitrogens with zero attached hydrogens (tertiary/aromatic N) is 1. The van der Waals surface area contributed by atoms with Gasteiger partial charge in [-0.1, -0.05) is 15.9 Å². The molecule has 0 aliphatic carbocycles. The molecule has 1 rings (SSSR count). The number of hydrogen-bond acceptors (Lipinski definition) is 3. The van der Waals surface area contributed by atoms with Crippen LogP contribution in [0.3, 0.4) is 0 Å². The first kappa shape index (κ1) is 13.0. The van der Waals surface area contributed by atoms with Crippen molar-refractivity contribution in [2.24, 2.45) is 0 Å². The predicted molar refractivity (Wildman–Crippen MR) is 69.4 cm³/mol. The molecule has 16 heavy (non-hydrogen) atoms. The van der Waals surface area contributed by atoms with Gasteiger partial charge < -0.3 is 16.0 Å².